The Kier molecular flexibility index (Phi) is 7.81. The van der Waals surface area contributed by atoms with Gasteiger partial charge in [0, 0.05) is 40.4 Å². The zero-order chi connectivity index (χ0) is 12.6. The van der Waals surface area contributed by atoms with E-state index in [2.05, 4.69) is 4.72 Å². The van der Waals surface area contributed by atoms with Crippen molar-refractivity contribution in [2.24, 2.45) is 5.73 Å². The molecule has 0 radical (unpaired) electrons. The highest BCUT2D eigenvalue weighted by Crippen LogP contribution is 1.95. The second kappa shape index (κ2) is 7.93. The number of nitrogens with one attached hydrogen (secondary N) is 1. The van der Waals surface area contributed by atoms with E-state index in [0.29, 0.717) is 13.2 Å². The lowest BCUT2D eigenvalue weighted by Crippen LogP contribution is -2.46. The van der Waals surface area contributed by atoms with Crippen LogP contribution in [-0.2, 0) is 19.7 Å². The summed E-state index contributed by atoms with van der Waals surface area (Å²) < 4.78 is 36.3. The van der Waals surface area contributed by atoms with Gasteiger partial charge in [0.2, 0.25) is 0 Å². The van der Waals surface area contributed by atoms with Crippen LogP contribution in [0.15, 0.2) is 0 Å². The van der Waals surface area contributed by atoms with E-state index >= 15 is 0 Å². The fourth-order valence-corrected chi connectivity index (χ4v) is 2.03. The van der Waals surface area contributed by atoms with Crippen LogP contribution in [0.2, 0.25) is 0 Å². The molecule has 0 aliphatic carbocycles. The number of hydrogen-bond donors (Lipinski definition) is 2. The molecule has 0 spiro atoms. The van der Waals surface area contributed by atoms with E-state index in [-0.39, 0.29) is 19.1 Å². The van der Waals surface area contributed by atoms with E-state index in [4.69, 9.17) is 15.2 Å². The average molecular weight is 255 g/mol. The lowest BCUT2D eigenvalue weighted by Gasteiger charge is -2.20. The smallest absolute Gasteiger partial charge is 0.279 e. The Labute approximate surface area is 97.1 Å². The van der Waals surface area contributed by atoms with Crippen molar-refractivity contribution in [3.63, 3.8) is 0 Å². The first-order chi connectivity index (χ1) is 7.44. The molecule has 1 atom stereocenters. The largest absolute Gasteiger partial charge is 0.383 e. The van der Waals surface area contributed by atoms with Gasteiger partial charge in [-0.05, 0) is 0 Å². The van der Waals surface area contributed by atoms with Gasteiger partial charge in [0.15, 0.2) is 0 Å². The van der Waals surface area contributed by atoms with Crippen molar-refractivity contribution < 1.29 is 17.9 Å². The molecule has 0 heterocycles. The molecule has 16 heavy (non-hydrogen) atoms. The van der Waals surface area contributed by atoms with Gasteiger partial charge in [0.1, 0.15) is 0 Å². The quantitative estimate of drug-likeness (QED) is 0.483. The monoisotopic (exact) mass is 255 g/mol. The van der Waals surface area contributed by atoms with Gasteiger partial charge in [0.25, 0.3) is 10.2 Å². The molecule has 1 unspecified atom stereocenters. The fourth-order valence-electron chi connectivity index (χ4n) is 1.08. The predicted molar refractivity (Wildman–Crippen MR) is 61.3 cm³/mol. The summed E-state index contributed by atoms with van der Waals surface area (Å²) in [6, 6.07) is -0.339. The molecule has 0 aliphatic rings. The van der Waals surface area contributed by atoms with Crippen LogP contribution < -0.4 is 10.5 Å². The summed E-state index contributed by atoms with van der Waals surface area (Å²) in [5, 5.41) is 0. The third-order valence-corrected chi connectivity index (χ3v) is 3.41. The molecule has 0 saturated heterocycles. The molecule has 98 valence electrons. The summed E-state index contributed by atoms with van der Waals surface area (Å²) in [5.74, 6) is 0. The van der Waals surface area contributed by atoms with Crippen LogP contribution in [0.1, 0.15) is 0 Å². The predicted octanol–water partition coefficient (Wildman–Crippen LogP) is -1.63. The van der Waals surface area contributed by atoms with Crippen molar-refractivity contribution in [3.8, 4) is 0 Å². The lowest BCUT2D eigenvalue weighted by molar-refractivity contribution is 0.172. The second-order valence-electron chi connectivity index (χ2n) is 3.39. The highest BCUT2D eigenvalue weighted by atomic mass is 32.2. The van der Waals surface area contributed by atoms with Crippen LogP contribution in [0.25, 0.3) is 0 Å². The standard InChI is InChI=1S/C8H21N3O4S/c1-11(6-8(9)7-15-3)16(12,13)10-4-5-14-2/h8,10H,4-7,9H2,1-3H3. The Morgan fingerprint density at radius 1 is 1.38 bits per heavy atom. The summed E-state index contributed by atoms with van der Waals surface area (Å²) in [6.45, 7) is 1.09. The third kappa shape index (κ3) is 6.36. The maximum Gasteiger partial charge on any atom is 0.279 e. The summed E-state index contributed by atoms with van der Waals surface area (Å²) >= 11 is 0. The molecule has 0 amide bonds. The molecule has 0 aromatic rings. The second-order valence-corrected chi connectivity index (χ2v) is 5.25. The zero-order valence-electron chi connectivity index (χ0n) is 9.97. The average Bonchev–Trinajstić information content (AvgIpc) is 2.18. The molecule has 0 aromatic carbocycles. The minimum atomic E-state index is -3.48. The van der Waals surface area contributed by atoms with Gasteiger partial charge in [-0.15, -0.1) is 0 Å². The van der Waals surface area contributed by atoms with Crippen molar-refractivity contribution in [1.82, 2.24) is 9.03 Å². The molecule has 8 heteroatoms. The molecule has 0 saturated carbocycles. The zero-order valence-corrected chi connectivity index (χ0v) is 10.8. The van der Waals surface area contributed by atoms with Crippen molar-refractivity contribution in [2.75, 3.05) is 47.6 Å². The van der Waals surface area contributed by atoms with E-state index in [1.807, 2.05) is 0 Å². The number of nitrogens with zero attached hydrogens (tertiary/aromatic N) is 1. The van der Waals surface area contributed by atoms with Crippen molar-refractivity contribution in [3.05, 3.63) is 0 Å². The minimum absolute atomic E-state index is 0.205. The highest BCUT2D eigenvalue weighted by molar-refractivity contribution is 7.87. The number of hydrogen-bond acceptors (Lipinski definition) is 5. The Morgan fingerprint density at radius 2 is 2.00 bits per heavy atom. The normalized spacial score (nSPS) is 14.3. The Bertz CT molecular complexity index is 270. The summed E-state index contributed by atoms with van der Waals surface area (Å²) in [6.07, 6.45) is 0. The first kappa shape index (κ1) is 15.8. The van der Waals surface area contributed by atoms with E-state index in [0.717, 1.165) is 4.31 Å². The molecule has 3 N–H and O–H groups in total. The third-order valence-electron chi connectivity index (χ3n) is 1.87. The lowest BCUT2D eigenvalue weighted by atomic mass is 10.3. The Hall–Kier alpha value is -0.250. The Morgan fingerprint density at radius 3 is 2.50 bits per heavy atom. The van der Waals surface area contributed by atoms with Crippen molar-refractivity contribution >= 4 is 10.2 Å². The van der Waals surface area contributed by atoms with Gasteiger partial charge in [-0.1, -0.05) is 0 Å². The van der Waals surface area contributed by atoms with Crippen molar-refractivity contribution in [2.45, 2.75) is 6.04 Å². The van der Waals surface area contributed by atoms with E-state index in [1.54, 1.807) is 0 Å². The molecule has 0 rings (SSSR count). The molecule has 0 fully saturated rings. The molecule has 0 bridgehead atoms. The topological polar surface area (TPSA) is 93.9 Å². The number of rotatable bonds is 9. The number of nitrogens with two attached hydrogens (primary N) is 1. The summed E-state index contributed by atoms with van der Waals surface area (Å²) in [7, 11) is 1.01. The Balaban J connectivity index is 4.08. The van der Waals surface area contributed by atoms with Crippen LogP contribution in [0.5, 0.6) is 0 Å². The summed E-state index contributed by atoms with van der Waals surface area (Å²) in [5.41, 5.74) is 5.65. The molecule has 0 aliphatic heterocycles. The van der Waals surface area contributed by atoms with Gasteiger partial charge >= 0.3 is 0 Å². The maximum atomic E-state index is 11.6. The van der Waals surface area contributed by atoms with E-state index < -0.39 is 10.2 Å². The van der Waals surface area contributed by atoms with Crippen LogP contribution in [0.4, 0.5) is 0 Å². The van der Waals surface area contributed by atoms with E-state index in [1.165, 1.54) is 21.3 Å². The van der Waals surface area contributed by atoms with Gasteiger partial charge < -0.3 is 15.2 Å². The van der Waals surface area contributed by atoms with Gasteiger partial charge in [-0.25, -0.2) is 0 Å². The molecular formula is C8H21N3O4S. The first-order valence-corrected chi connectivity index (χ1v) is 6.32. The molecule has 7 nitrogen and oxygen atoms in total. The highest BCUT2D eigenvalue weighted by Gasteiger charge is 2.19. The first-order valence-electron chi connectivity index (χ1n) is 4.88. The number of likely N-dealkylation sites (N-methyl/N-ethyl adjacent to an activating group) is 1. The summed E-state index contributed by atoms with van der Waals surface area (Å²) in [4.78, 5) is 0. The SMILES string of the molecule is COCCNS(=O)(=O)N(C)CC(N)COC. The van der Waals surface area contributed by atoms with Gasteiger partial charge in [-0.2, -0.15) is 17.4 Å². The fraction of sp³-hybridized carbons (Fsp3) is 1.00. The maximum absolute atomic E-state index is 11.6. The van der Waals surface area contributed by atoms with Crippen LogP contribution in [0, 0.1) is 0 Å². The van der Waals surface area contributed by atoms with E-state index in [9.17, 15) is 8.42 Å². The van der Waals surface area contributed by atoms with Crippen LogP contribution >= 0.6 is 0 Å². The van der Waals surface area contributed by atoms with Gasteiger partial charge in [0.05, 0.1) is 13.2 Å². The van der Waals surface area contributed by atoms with Gasteiger partial charge in [-0.3, -0.25) is 0 Å². The van der Waals surface area contributed by atoms with Crippen LogP contribution in [-0.4, -0.2) is 66.3 Å². The molecule has 0 aromatic heterocycles. The molecular weight excluding hydrogens is 234 g/mol. The van der Waals surface area contributed by atoms with Crippen LogP contribution in [0.3, 0.4) is 0 Å². The number of ether oxygens (including phenoxy) is 2. The minimum Gasteiger partial charge on any atom is -0.383 e. The number of methoxy groups -OCH3 is 2. The van der Waals surface area contributed by atoms with Crippen molar-refractivity contribution in [1.29, 1.82) is 0 Å².